The summed E-state index contributed by atoms with van der Waals surface area (Å²) < 4.78 is 76.0. The van der Waals surface area contributed by atoms with Crippen molar-refractivity contribution in [3.8, 4) is 0 Å². The SMILES string of the molecule is CC.Cc1c(F)c(F)c(CSNc2ccc3c(c2)C(C)OC(=O)N3CCCF)c(F)c1F. The predicted molar refractivity (Wildman–Crippen MR) is 117 cm³/mol. The summed E-state index contributed by atoms with van der Waals surface area (Å²) in [5.74, 6) is -6.04. The Bertz CT molecular complexity index is 945. The monoisotopic (exact) mass is 476 g/mol. The van der Waals surface area contributed by atoms with E-state index in [1.807, 2.05) is 13.8 Å². The number of ether oxygens (including phenoxy) is 1. The molecule has 0 aliphatic carbocycles. The van der Waals surface area contributed by atoms with Crippen molar-refractivity contribution in [2.24, 2.45) is 0 Å². The van der Waals surface area contributed by atoms with Crippen molar-refractivity contribution in [1.29, 1.82) is 0 Å². The third-order valence-electron chi connectivity index (χ3n) is 4.75. The second-order valence-electron chi connectivity index (χ2n) is 6.74. The molecule has 0 saturated carbocycles. The van der Waals surface area contributed by atoms with E-state index in [-0.39, 0.29) is 18.7 Å². The van der Waals surface area contributed by atoms with Crippen LogP contribution in [0.1, 0.15) is 50.0 Å². The van der Waals surface area contributed by atoms with Crippen LogP contribution >= 0.6 is 11.9 Å². The molecule has 0 spiro atoms. The Labute approximate surface area is 188 Å². The number of hydrogen-bond donors (Lipinski definition) is 1. The lowest BCUT2D eigenvalue weighted by molar-refractivity contribution is 0.107. The Morgan fingerprint density at radius 1 is 1.09 bits per heavy atom. The van der Waals surface area contributed by atoms with E-state index in [0.717, 1.165) is 18.9 Å². The molecule has 2 aromatic carbocycles. The van der Waals surface area contributed by atoms with Crippen LogP contribution in [0.3, 0.4) is 0 Å². The van der Waals surface area contributed by atoms with Crippen LogP contribution < -0.4 is 9.62 Å². The molecular weight excluding hydrogens is 451 g/mol. The van der Waals surface area contributed by atoms with E-state index in [0.29, 0.717) is 16.9 Å². The highest BCUT2D eigenvalue weighted by atomic mass is 32.2. The first-order valence-corrected chi connectivity index (χ1v) is 11.1. The van der Waals surface area contributed by atoms with Crippen molar-refractivity contribution in [2.75, 3.05) is 22.8 Å². The van der Waals surface area contributed by atoms with Gasteiger partial charge in [0, 0.05) is 34.7 Å². The van der Waals surface area contributed by atoms with E-state index < -0.39 is 53.3 Å². The van der Waals surface area contributed by atoms with Crippen molar-refractivity contribution in [1.82, 2.24) is 0 Å². The van der Waals surface area contributed by atoms with E-state index >= 15 is 0 Å². The van der Waals surface area contributed by atoms with Gasteiger partial charge in [-0.3, -0.25) is 9.29 Å². The zero-order valence-corrected chi connectivity index (χ0v) is 19.0. The molecule has 1 N–H and O–H groups in total. The largest absolute Gasteiger partial charge is 0.441 e. The van der Waals surface area contributed by atoms with Crippen LogP contribution in [0, 0.1) is 30.2 Å². The molecule has 1 heterocycles. The number of cyclic esters (lactones) is 1. The van der Waals surface area contributed by atoms with E-state index in [9.17, 15) is 26.7 Å². The summed E-state index contributed by atoms with van der Waals surface area (Å²) in [7, 11) is 0. The third-order valence-corrected chi connectivity index (χ3v) is 5.56. The van der Waals surface area contributed by atoms with E-state index in [1.54, 1.807) is 25.1 Å². The smallest absolute Gasteiger partial charge is 0.414 e. The Morgan fingerprint density at radius 3 is 2.31 bits per heavy atom. The minimum Gasteiger partial charge on any atom is -0.441 e. The van der Waals surface area contributed by atoms with Crippen LogP contribution in [0.15, 0.2) is 18.2 Å². The van der Waals surface area contributed by atoms with Crippen molar-refractivity contribution in [3.63, 3.8) is 0 Å². The van der Waals surface area contributed by atoms with Crippen LogP contribution in [0.25, 0.3) is 0 Å². The van der Waals surface area contributed by atoms with Gasteiger partial charge in [-0.25, -0.2) is 22.4 Å². The van der Waals surface area contributed by atoms with Crippen molar-refractivity contribution in [3.05, 3.63) is 58.2 Å². The standard InChI is InChI=1S/C20H19F5N2O2S.C2H6/c1-10-16(22)18(24)14(19(25)17(10)23)9-30-26-12-4-5-15-13(8-12)11(2)29-20(28)27(15)7-3-6-21;1-2/h4-5,8,11,26H,3,6-7,9H2,1-2H3;1-2H3. The molecule has 0 aromatic heterocycles. The van der Waals surface area contributed by atoms with Crippen molar-refractivity contribution in [2.45, 2.75) is 46.0 Å². The van der Waals surface area contributed by atoms with Gasteiger partial charge in [0.1, 0.15) is 6.10 Å². The lowest BCUT2D eigenvalue weighted by Crippen LogP contribution is -2.37. The average molecular weight is 477 g/mol. The number of anilines is 2. The van der Waals surface area contributed by atoms with Gasteiger partial charge in [0.15, 0.2) is 23.3 Å². The molecule has 3 rings (SSSR count). The van der Waals surface area contributed by atoms with Crippen LogP contribution in [-0.4, -0.2) is 19.3 Å². The molecular formula is C22H25F5N2O2S. The van der Waals surface area contributed by atoms with Gasteiger partial charge in [-0.2, -0.15) is 0 Å². The summed E-state index contributed by atoms with van der Waals surface area (Å²) in [6, 6.07) is 4.97. The molecule has 32 heavy (non-hydrogen) atoms. The molecule has 1 atom stereocenters. The maximum Gasteiger partial charge on any atom is 0.414 e. The van der Waals surface area contributed by atoms with E-state index in [2.05, 4.69) is 4.72 Å². The maximum atomic E-state index is 14.0. The molecule has 4 nitrogen and oxygen atoms in total. The first-order chi connectivity index (χ1) is 15.3. The van der Waals surface area contributed by atoms with E-state index in [4.69, 9.17) is 4.74 Å². The normalized spacial score (nSPS) is 15.0. The van der Waals surface area contributed by atoms with Gasteiger partial charge in [0.2, 0.25) is 0 Å². The molecule has 2 aromatic rings. The number of carbonyl (C=O) groups excluding carboxylic acids is 1. The quantitative estimate of drug-likeness (QED) is 0.260. The minimum atomic E-state index is -1.42. The number of alkyl halides is 1. The third kappa shape index (κ3) is 5.28. The molecule has 1 aliphatic heterocycles. The molecule has 176 valence electrons. The molecule has 1 unspecified atom stereocenters. The maximum absolute atomic E-state index is 14.0. The number of hydrogen-bond acceptors (Lipinski definition) is 4. The number of amides is 1. The Kier molecular flexibility index (Phi) is 9.18. The topological polar surface area (TPSA) is 41.6 Å². The molecule has 0 radical (unpaired) electrons. The Hall–Kier alpha value is -2.49. The molecule has 0 fully saturated rings. The first kappa shape index (κ1) is 25.8. The fourth-order valence-corrected chi connectivity index (χ4v) is 3.86. The summed E-state index contributed by atoms with van der Waals surface area (Å²) in [4.78, 5) is 13.4. The summed E-state index contributed by atoms with van der Waals surface area (Å²) in [5.41, 5.74) is 0.377. The fraction of sp³-hybridized carbons (Fsp3) is 0.409. The lowest BCUT2D eigenvalue weighted by atomic mass is 10.0. The first-order valence-electron chi connectivity index (χ1n) is 10.1. The second-order valence-corrected chi connectivity index (χ2v) is 7.53. The molecule has 0 bridgehead atoms. The van der Waals surface area contributed by atoms with Crippen LogP contribution in [0.5, 0.6) is 0 Å². The average Bonchev–Trinajstić information content (AvgIpc) is 2.80. The summed E-state index contributed by atoms with van der Waals surface area (Å²) in [5, 5.41) is 0. The fourth-order valence-electron chi connectivity index (χ4n) is 3.10. The highest BCUT2D eigenvalue weighted by molar-refractivity contribution is 7.99. The molecule has 0 saturated heterocycles. The number of nitrogens with zero attached hydrogens (tertiary/aromatic N) is 1. The number of halogens is 5. The zero-order valence-electron chi connectivity index (χ0n) is 18.2. The highest BCUT2D eigenvalue weighted by Gasteiger charge is 2.30. The van der Waals surface area contributed by atoms with Gasteiger partial charge in [-0.15, -0.1) is 0 Å². The zero-order chi connectivity index (χ0) is 24.0. The number of benzene rings is 2. The van der Waals surface area contributed by atoms with Gasteiger partial charge in [-0.1, -0.05) is 13.8 Å². The number of fused-ring (bicyclic) bond motifs is 1. The molecule has 1 aliphatic rings. The molecule has 10 heteroatoms. The van der Waals surface area contributed by atoms with Crippen LogP contribution in [0.4, 0.5) is 38.1 Å². The Morgan fingerprint density at radius 2 is 1.72 bits per heavy atom. The molecule has 1 amide bonds. The van der Waals surface area contributed by atoms with E-state index in [1.165, 1.54) is 4.90 Å². The predicted octanol–water partition coefficient (Wildman–Crippen LogP) is 7.22. The van der Waals surface area contributed by atoms with Crippen LogP contribution in [-0.2, 0) is 10.5 Å². The van der Waals surface area contributed by atoms with Gasteiger partial charge in [0.05, 0.1) is 12.4 Å². The summed E-state index contributed by atoms with van der Waals surface area (Å²) in [6.07, 6.45) is -0.941. The van der Waals surface area contributed by atoms with Crippen molar-refractivity contribution < 1.29 is 31.5 Å². The lowest BCUT2D eigenvalue weighted by Gasteiger charge is -2.32. The van der Waals surface area contributed by atoms with Gasteiger partial charge in [-0.05, 0) is 50.4 Å². The van der Waals surface area contributed by atoms with Gasteiger partial charge >= 0.3 is 6.09 Å². The second kappa shape index (κ2) is 11.4. The number of carbonyl (C=O) groups is 1. The summed E-state index contributed by atoms with van der Waals surface area (Å²) in [6.45, 7) is 6.24. The van der Waals surface area contributed by atoms with Crippen molar-refractivity contribution >= 4 is 29.4 Å². The van der Waals surface area contributed by atoms with Crippen LogP contribution in [0.2, 0.25) is 0 Å². The summed E-state index contributed by atoms with van der Waals surface area (Å²) >= 11 is 0.844. The Balaban J connectivity index is 0.00000176. The van der Waals surface area contributed by atoms with Gasteiger partial charge in [0.25, 0.3) is 0 Å². The number of rotatable bonds is 7. The highest BCUT2D eigenvalue weighted by Crippen LogP contribution is 2.37. The van der Waals surface area contributed by atoms with Gasteiger partial charge < -0.3 is 9.46 Å². The number of nitrogens with one attached hydrogen (secondary N) is 1. The minimum absolute atomic E-state index is 0.166.